The summed E-state index contributed by atoms with van der Waals surface area (Å²) in [4.78, 5) is 0. The van der Waals surface area contributed by atoms with Gasteiger partial charge >= 0.3 is 0 Å². The molecule has 0 aliphatic rings. The molecule has 0 heterocycles. The van der Waals surface area contributed by atoms with Crippen LogP contribution in [-0.4, -0.2) is 37.5 Å². The molecule has 0 aliphatic heterocycles. The van der Waals surface area contributed by atoms with Crippen molar-refractivity contribution in [3.05, 3.63) is 35.4 Å². The summed E-state index contributed by atoms with van der Waals surface area (Å²) in [5.41, 5.74) is 7.29. The minimum absolute atomic E-state index is 0.162. The Morgan fingerprint density at radius 3 is 1.50 bits per heavy atom. The average Bonchev–Trinajstić information content (AvgIpc) is 2.48. The molecule has 2 atom stereocenters. The van der Waals surface area contributed by atoms with Gasteiger partial charge in [-0.1, -0.05) is 24.3 Å². The van der Waals surface area contributed by atoms with Crippen molar-refractivity contribution in [3.8, 4) is 0 Å². The van der Waals surface area contributed by atoms with Gasteiger partial charge in [-0.3, -0.25) is 21.5 Å². The molecule has 1 aromatic carbocycles. The molecular weight excluding hydrogens is 292 g/mol. The van der Waals surface area contributed by atoms with E-state index in [-0.39, 0.29) is 11.0 Å². The van der Waals surface area contributed by atoms with Crippen LogP contribution in [0.2, 0.25) is 0 Å². The summed E-state index contributed by atoms with van der Waals surface area (Å²) in [6.45, 7) is 0. The molecule has 8 heteroatoms. The Kier molecular flexibility index (Phi) is 8.12. The average molecular weight is 312 g/mol. The normalized spacial score (nSPS) is 14.6. The fourth-order valence-corrected chi connectivity index (χ4v) is 1.30. The number of hydrogen-bond acceptors (Lipinski definition) is 8. The topological polar surface area (TPSA) is 72.8 Å². The Hall–Kier alpha value is -1.22. The number of nitrogens with zero attached hydrogens (tertiary/aromatic N) is 2. The minimum Gasteiger partial charge on any atom is -0.291 e. The molecule has 0 bridgehead atoms. The first-order chi connectivity index (χ1) is 9.65. The molecule has 2 unspecified atom stereocenters. The van der Waals surface area contributed by atoms with Gasteiger partial charge < -0.3 is 0 Å². The van der Waals surface area contributed by atoms with Crippen molar-refractivity contribution in [2.24, 2.45) is 10.2 Å². The van der Waals surface area contributed by atoms with Gasteiger partial charge in [0, 0.05) is 0 Å². The van der Waals surface area contributed by atoms with Gasteiger partial charge in [-0.05, 0) is 25.2 Å². The van der Waals surface area contributed by atoms with E-state index in [9.17, 15) is 0 Å². The number of thiol groups is 2. The molecule has 0 radical (unpaired) electrons. The fraction of sp³-hybridized carbons (Fsp3) is 0.333. The van der Waals surface area contributed by atoms with Crippen LogP contribution in [0.4, 0.5) is 0 Å². The number of benzene rings is 1. The van der Waals surface area contributed by atoms with E-state index in [0.29, 0.717) is 0 Å². The van der Waals surface area contributed by atoms with Crippen LogP contribution < -0.4 is 21.5 Å². The van der Waals surface area contributed by atoms with Crippen LogP contribution in [0.1, 0.15) is 11.1 Å². The van der Waals surface area contributed by atoms with Crippen molar-refractivity contribution in [2.75, 3.05) is 14.1 Å². The Bertz CT molecular complexity index is 393. The van der Waals surface area contributed by atoms with Crippen molar-refractivity contribution >= 4 is 37.7 Å². The molecule has 0 fully saturated rings. The molecule has 4 N–H and O–H groups in total. The van der Waals surface area contributed by atoms with Crippen LogP contribution in [-0.2, 0) is 0 Å². The van der Waals surface area contributed by atoms with Gasteiger partial charge in [0.25, 0.3) is 0 Å². The van der Waals surface area contributed by atoms with Crippen molar-refractivity contribution in [1.29, 1.82) is 0 Å². The Morgan fingerprint density at radius 1 is 0.850 bits per heavy atom. The second-order valence-corrected chi connectivity index (χ2v) is 4.86. The maximum atomic E-state index is 4.18. The zero-order chi connectivity index (χ0) is 14.8. The highest BCUT2D eigenvalue weighted by molar-refractivity contribution is 7.81. The lowest BCUT2D eigenvalue weighted by Crippen LogP contribution is -2.31. The third-order valence-corrected chi connectivity index (χ3v) is 3.05. The highest BCUT2D eigenvalue weighted by atomic mass is 32.1. The van der Waals surface area contributed by atoms with Gasteiger partial charge in [0.1, 0.15) is 11.0 Å². The minimum atomic E-state index is -0.162. The van der Waals surface area contributed by atoms with Crippen LogP contribution in [0.3, 0.4) is 0 Å². The Balaban J connectivity index is 2.47. The Morgan fingerprint density at radius 2 is 1.20 bits per heavy atom. The van der Waals surface area contributed by atoms with E-state index in [0.717, 1.165) is 11.1 Å². The van der Waals surface area contributed by atoms with Crippen LogP contribution in [0.25, 0.3) is 0 Å². The standard InChI is InChI=1S/C12H20N6S2/c1-13-11(19)17-15-7-9-3-5-10(6-4-9)8-16-18-12(20)14-2/h3-8,11-14,17-20H,1-2H3/b15-7+,16-8+. The second-order valence-electron chi connectivity index (χ2n) is 3.82. The van der Waals surface area contributed by atoms with Gasteiger partial charge in [0.2, 0.25) is 0 Å². The molecule has 6 nitrogen and oxygen atoms in total. The van der Waals surface area contributed by atoms with Crippen molar-refractivity contribution in [3.63, 3.8) is 0 Å². The molecule has 0 aromatic heterocycles. The first-order valence-electron chi connectivity index (χ1n) is 6.03. The summed E-state index contributed by atoms with van der Waals surface area (Å²) in [7, 11) is 3.59. The van der Waals surface area contributed by atoms with E-state index in [1.165, 1.54) is 0 Å². The quantitative estimate of drug-likeness (QED) is 0.182. The number of hydrogen-bond donors (Lipinski definition) is 6. The van der Waals surface area contributed by atoms with E-state index in [1.54, 1.807) is 26.5 Å². The summed E-state index contributed by atoms with van der Waals surface area (Å²) >= 11 is 8.37. The summed E-state index contributed by atoms with van der Waals surface area (Å²) in [5, 5.41) is 13.9. The van der Waals surface area contributed by atoms with E-state index >= 15 is 0 Å². The van der Waals surface area contributed by atoms with Crippen LogP contribution in [0.15, 0.2) is 34.5 Å². The summed E-state index contributed by atoms with van der Waals surface area (Å²) in [6.07, 6.45) is 3.45. The largest absolute Gasteiger partial charge is 0.291 e. The maximum absolute atomic E-state index is 4.18. The number of nitrogens with one attached hydrogen (secondary N) is 4. The monoisotopic (exact) mass is 312 g/mol. The van der Waals surface area contributed by atoms with Crippen molar-refractivity contribution in [2.45, 2.75) is 11.0 Å². The first kappa shape index (κ1) is 16.8. The SMILES string of the molecule is CNC(S)N/N=C/c1ccc(/C=N/NC(S)NC)cc1. The third kappa shape index (κ3) is 6.80. The van der Waals surface area contributed by atoms with E-state index in [2.05, 4.69) is 56.9 Å². The molecule has 0 aliphatic carbocycles. The number of hydrazone groups is 2. The zero-order valence-corrected chi connectivity index (χ0v) is 13.2. The van der Waals surface area contributed by atoms with Crippen molar-refractivity contribution < 1.29 is 0 Å². The summed E-state index contributed by atoms with van der Waals surface area (Å²) in [6, 6.07) is 7.82. The summed E-state index contributed by atoms with van der Waals surface area (Å²) in [5.74, 6) is 0. The molecule has 1 aromatic rings. The molecule has 0 saturated heterocycles. The van der Waals surface area contributed by atoms with E-state index in [1.807, 2.05) is 24.3 Å². The fourth-order valence-electron chi connectivity index (χ4n) is 1.16. The Labute approximate surface area is 130 Å². The highest BCUT2D eigenvalue weighted by Gasteiger charge is 1.94. The van der Waals surface area contributed by atoms with Gasteiger partial charge in [0.05, 0.1) is 12.4 Å². The van der Waals surface area contributed by atoms with Crippen LogP contribution in [0.5, 0.6) is 0 Å². The van der Waals surface area contributed by atoms with Gasteiger partial charge in [-0.2, -0.15) is 10.2 Å². The predicted octanol–water partition coefficient (Wildman–Crippen LogP) is 0.399. The number of rotatable bonds is 8. The molecular formula is C12H20N6S2. The van der Waals surface area contributed by atoms with E-state index < -0.39 is 0 Å². The van der Waals surface area contributed by atoms with E-state index in [4.69, 9.17) is 0 Å². The molecule has 0 amide bonds. The maximum Gasteiger partial charge on any atom is 0.138 e. The lowest BCUT2D eigenvalue weighted by atomic mass is 10.2. The first-order valence-corrected chi connectivity index (χ1v) is 7.07. The lowest BCUT2D eigenvalue weighted by molar-refractivity contribution is 0.621. The van der Waals surface area contributed by atoms with Crippen molar-refractivity contribution in [1.82, 2.24) is 21.5 Å². The lowest BCUT2D eigenvalue weighted by Gasteiger charge is -2.07. The molecule has 0 saturated carbocycles. The van der Waals surface area contributed by atoms with Crippen LogP contribution >= 0.6 is 25.3 Å². The molecule has 1 rings (SSSR count). The predicted molar refractivity (Wildman–Crippen MR) is 91.6 cm³/mol. The third-order valence-electron chi connectivity index (χ3n) is 2.30. The van der Waals surface area contributed by atoms with Gasteiger partial charge in [-0.15, -0.1) is 25.3 Å². The second kappa shape index (κ2) is 9.65. The smallest absolute Gasteiger partial charge is 0.138 e. The van der Waals surface area contributed by atoms with Gasteiger partial charge in [0.15, 0.2) is 0 Å². The van der Waals surface area contributed by atoms with Gasteiger partial charge in [-0.25, -0.2) is 0 Å². The molecule has 0 spiro atoms. The molecule has 110 valence electrons. The van der Waals surface area contributed by atoms with Crippen LogP contribution in [0, 0.1) is 0 Å². The molecule has 20 heavy (non-hydrogen) atoms. The highest BCUT2D eigenvalue weighted by Crippen LogP contribution is 2.00. The zero-order valence-electron chi connectivity index (χ0n) is 11.4. The summed E-state index contributed by atoms with van der Waals surface area (Å²) < 4.78 is 0.